The van der Waals surface area contributed by atoms with Gasteiger partial charge in [-0.3, -0.25) is 0 Å². The molecule has 0 aromatic carbocycles. The third kappa shape index (κ3) is 2.54. The summed E-state index contributed by atoms with van der Waals surface area (Å²) in [5.74, 6) is 0.620. The zero-order valence-electron chi connectivity index (χ0n) is 7.17. The standard InChI is InChI=1S/C8H12BrNOS/c1-5(2)3-7-10-6(4-11)8(9)12-7/h5,11H,3-4H2,1-2H3. The average Bonchev–Trinajstić information content (AvgIpc) is 2.29. The molecule has 0 amide bonds. The molecule has 1 heterocycles. The summed E-state index contributed by atoms with van der Waals surface area (Å²) in [6.07, 6.45) is 0.989. The summed E-state index contributed by atoms with van der Waals surface area (Å²) in [4.78, 5) is 4.29. The average molecular weight is 250 g/mol. The van der Waals surface area contributed by atoms with Crippen LogP contribution in [-0.4, -0.2) is 10.1 Å². The van der Waals surface area contributed by atoms with Gasteiger partial charge in [-0.05, 0) is 21.8 Å². The van der Waals surface area contributed by atoms with Gasteiger partial charge in [-0.15, -0.1) is 11.3 Å². The summed E-state index contributed by atoms with van der Waals surface area (Å²) in [5, 5.41) is 9.98. The molecule has 0 aliphatic heterocycles. The predicted molar refractivity (Wildman–Crippen MR) is 54.3 cm³/mol. The minimum absolute atomic E-state index is 0.0230. The van der Waals surface area contributed by atoms with Crippen LogP contribution in [0.15, 0.2) is 3.79 Å². The minimum Gasteiger partial charge on any atom is -0.390 e. The number of halogens is 1. The lowest BCUT2D eigenvalue weighted by molar-refractivity contribution is 0.276. The summed E-state index contributed by atoms with van der Waals surface area (Å²) in [7, 11) is 0. The zero-order chi connectivity index (χ0) is 9.14. The maximum absolute atomic E-state index is 8.88. The zero-order valence-corrected chi connectivity index (χ0v) is 9.57. The van der Waals surface area contributed by atoms with Crippen LogP contribution in [0.2, 0.25) is 0 Å². The number of rotatable bonds is 3. The summed E-state index contributed by atoms with van der Waals surface area (Å²) in [6, 6.07) is 0. The van der Waals surface area contributed by atoms with Gasteiger partial charge in [0, 0.05) is 6.42 Å². The number of hydrogen-bond acceptors (Lipinski definition) is 3. The van der Waals surface area contributed by atoms with Crippen LogP contribution in [0.4, 0.5) is 0 Å². The highest BCUT2D eigenvalue weighted by Crippen LogP contribution is 2.26. The quantitative estimate of drug-likeness (QED) is 0.894. The Labute approximate surface area is 84.8 Å². The Morgan fingerprint density at radius 3 is 2.67 bits per heavy atom. The van der Waals surface area contributed by atoms with Crippen LogP contribution in [0.25, 0.3) is 0 Å². The van der Waals surface area contributed by atoms with E-state index in [1.807, 2.05) is 0 Å². The topological polar surface area (TPSA) is 33.1 Å². The molecule has 1 aromatic rings. The van der Waals surface area contributed by atoms with E-state index in [2.05, 4.69) is 34.8 Å². The first kappa shape index (κ1) is 10.2. The van der Waals surface area contributed by atoms with E-state index in [0.717, 1.165) is 20.9 Å². The number of aliphatic hydroxyl groups excluding tert-OH is 1. The minimum atomic E-state index is 0.0230. The Kier molecular flexibility index (Phi) is 3.68. The van der Waals surface area contributed by atoms with Crippen molar-refractivity contribution in [2.24, 2.45) is 5.92 Å². The first-order valence-corrected chi connectivity index (χ1v) is 5.49. The van der Waals surface area contributed by atoms with Crippen LogP contribution in [0, 0.1) is 5.92 Å². The Balaban J connectivity index is 2.75. The van der Waals surface area contributed by atoms with Crippen molar-refractivity contribution >= 4 is 27.3 Å². The normalized spacial score (nSPS) is 11.1. The second-order valence-electron chi connectivity index (χ2n) is 3.08. The van der Waals surface area contributed by atoms with Crippen molar-refractivity contribution in [3.05, 3.63) is 14.5 Å². The summed E-state index contributed by atoms with van der Waals surface area (Å²) in [5.41, 5.74) is 0.760. The lowest BCUT2D eigenvalue weighted by Gasteiger charge is -1.97. The maximum Gasteiger partial charge on any atom is 0.0955 e. The lowest BCUT2D eigenvalue weighted by atomic mass is 10.1. The number of nitrogens with zero attached hydrogens (tertiary/aromatic N) is 1. The second kappa shape index (κ2) is 4.35. The van der Waals surface area contributed by atoms with Gasteiger partial charge in [0.1, 0.15) is 0 Å². The predicted octanol–water partition coefficient (Wildman–Crippen LogP) is 2.60. The number of aromatic nitrogens is 1. The van der Waals surface area contributed by atoms with Crippen LogP contribution in [0.1, 0.15) is 24.5 Å². The fourth-order valence-corrected chi connectivity index (χ4v) is 2.70. The van der Waals surface area contributed by atoms with Crippen molar-refractivity contribution in [2.45, 2.75) is 26.9 Å². The molecule has 0 atom stereocenters. The molecule has 0 aliphatic carbocycles. The van der Waals surface area contributed by atoms with E-state index in [-0.39, 0.29) is 6.61 Å². The second-order valence-corrected chi connectivity index (χ2v) is 5.49. The van der Waals surface area contributed by atoms with Crippen LogP contribution in [0.5, 0.6) is 0 Å². The molecular formula is C8H12BrNOS. The SMILES string of the molecule is CC(C)Cc1nc(CO)c(Br)s1. The molecule has 0 bridgehead atoms. The van der Waals surface area contributed by atoms with E-state index in [1.165, 1.54) is 0 Å². The highest BCUT2D eigenvalue weighted by Gasteiger charge is 2.08. The van der Waals surface area contributed by atoms with E-state index < -0.39 is 0 Å². The van der Waals surface area contributed by atoms with Crippen molar-refractivity contribution in [2.75, 3.05) is 0 Å². The van der Waals surface area contributed by atoms with E-state index in [4.69, 9.17) is 5.11 Å². The van der Waals surface area contributed by atoms with Gasteiger partial charge in [0.2, 0.25) is 0 Å². The molecule has 0 spiro atoms. The van der Waals surface area contributed by atoms with E-state index in [1.54, 1.807) is 11.3 Å². The molecule has 0 fully saturated rings. The fraction of sp³-hybridized carbons (Fsp3) is 0.625. The molecule has 0 saturated carbocycles. The van der Waals surface area contributed by atoms with Gasteiger partial charge >= 0.3 is 0 Å². The first-order valence-electron chi connectivity index (χ1n) is 3.88. The van der Waals surface area contributed by atoms with Crippen LogP contribution >= 0.6 is 27.3 Å². The summed E-state index contributed by atoms with van der Waals surface area (Å²) in [6.45, 7) is 4.34. The Bertz CT molecular complexity index is 260. The highest BCUT2D eigenvalue weighted by molar-refractivity contribution is 9.11. The Morgan fingerprint density at radius 2 is 2.25 bits per heavy atom. The van der Waals surface area contributed by atoms with E-state index in [0.29, 0.717) is 5.92 Å². The van der Waals surface area contributed by atoms with Gasteiger partial charge in [-0.2, -0.15) is 0 Å². The molecule has 0 radical (unpaired) electrons. The van der Waals surface area contributed by atoms with Crippen LogP contribution in [0.3, 0.4) is 0 Å². The van der Waals surface area contributed by atoms with Crippen molar-refractivity contribution in [3.8, 4) is 0 Å². The van der Waals surface area contributed by atoms with Crippen molar-refractivity contribution in [3.63, 3.8) is 0 Å². The van der Waals surface area contributed by atoms with Crippen molar-refractivity contribution < 1.29 is 5.11 Å². The van der Waals surface area contributed by atoms with Crippen LogP contribution < -0.4 is 0 Å². The van der Waals surface area contributed by atoms with Gasteiger partial charge in [-0.25, -0.2) is 4.98 Å². The van der Waals surface area contributed by atoms with E-state index in [9.17, 15) is 0 Å². The molecule has 0 saturated heterocycles. The molecule has 68 valence electrons. The van der Waals surface area contributed by atoms with Gasteiger partial charge in [-0.1, -0.05) is 13.8 Å². The Morgan fingerprint density at radius 1 is 1.58 bits per heavy atom. The molecule has 2 nitrogen and oxygen atoms in total. The lowest BCUT2D eigenvalue weighted by Crippen LogP contribution is -1.93. The monoisotopic (exact) mass is 249 g/mol. The summed E-state index contributed by atoms with van der Waals surface area (Å²) >= 11 is 4.98. The number of thiazole rings is 1. The maximum atomic E-state index is 8.88. The van der Waals surface area contributed by atoms with E-state index >= 15 is 0 Å². The highest BCUT2D eigenvalue weighted by atomic mass is 79.9. The molecule has 12 heavy (non-hydrogen) atoms. The molecule has 1 aromatic heterocycles. The smallest absolute Gasteiger partial charge is 0.0955 e. The van der Waals surface area contributed by atoms with Crippen LogP contribution in [-0.2, 0) is 13.0 Å². The number of hydrogen-bond donors (Lipinski definition) is 1. The molecule has 0 aliphatic rings. The summed E-state index contributed by atoms with van der Waals surface area (Å²) < 4.78 is 0.959. The van der Waals surface area contributed by atoms with Gasteiger partial charge < -0.3 is 5.11 Å². The molecule has 1 N–H and O–H groups in total. The molecule has 4 heteroatoms. The fourth-order valence-electron chi connectivity index (χ4n) is 0.914. The third-order valence-electron chi connectivity index (χ3n) is 1.43. The molecular weight excluding hydrogens is 238 g/mol. The largest absolute Gasteiger partial charge is 0.390 e. The van der Waals surface area contributed by atoms with Gasteiger partial charge in [0.05, 0.1) is 21.1 Å². The van der Waals surface area contributed by atoms with Gasteiger partial charge in [0.25, 0.3) is 0 Å². The first-order chi connectivity index (χ1) is 5.63. The number of aliphatic hydroxyl groups is 1. The van der Waals surface area contributed by atoms with Gasteiger partial charge in [0.15, 0.2) is 0 Å². The van der Waals surface area contributed by atoms with Crippen molar-refractivity contribution in [1.82, 2.24) is 4.98 Å². The van der Waals surface area contributed by atoms with Crippen molar-refractivity contribution in [1.29, 1.82) is 0 Å². The molecule has 0 unspecified atom stereocenters. The molecule has 1 rings (SSSR count). The Hall–Kier alpha value is 0.0700. The third-order valence-corrected chi connectivity index (χ3v) is 3.28.